The fourth-order valence-corrected chi connectivity index (χ4v) is 2.73. The van der Waals surface area contributed by atoms with Crippen LogP contribution in [0.2, 0.25) is 0 Å². The minimum atomic E-state index is -2.93. The van der Waals surface area contributed by atoms with Gasteiger partial charge in [-0.15, -0.1) is 0 Å². The van der Waals surface area contributed by atoms with Crippen molar-refractivity contribution in [1.29, 1.82) is 0 Å². The van der Waals surface area contributed by atoms with Crippen molar-refractivity contribution in [3.05, 3.63) is 0 Å². The molecular weight excluding hydrogens is 228 g/mol. The van der Waals surface area contributed by atoms with Gasteiger partial charge in [-0.3, -0.25) is 4.79 Å². The van der Waals surface area contributed by atoms with Crippen molar-refractivity contribution in [2.45, 2.75) is 39.2 Å². The molecule has 1 saturated heterocycles. The first kappa shape index (κ1) is 13.6. The maximum Gasteiger partial charge on any atom is 0.150 e. The van der Waals surface area contributed by atoms with Crippen LogP contribution in [0.25, 0.3) is 0 Å². The third-order valence-electron chi connectivity index (χ3n) is 2.97. The van der Waals surface area contributed by atoms with Crippen LogP contribution in [0.3, 0.4) is 0 Å². The van der Waals surface area contributed by atoms with Crippen molar-refractivity contribution in [3.8, 4) is 0 Å². The molecule has 0 radical (unpaired) electrons. The van der Waals surface area contributed by atoms with Gasteiger partial charge < -0.3 is 4.74 Å². The average Bonchev–Trinajstić information content (AvgIpc) is 2.64. The van der Waals surface area contributed by atoms with Crippen LogP contribution >= 0.6 is 0 Å². The summed E-state index contributed by atoms with van der Waals surface area (Å²) >= 11 is 0. The van der Waals surface area contributed by atoms with Crippen LogP contribution in [0, 0.1) is 5.92 Å². The Bertz CT molecular complexity index is 334. The molecule has 1 aliphatic rings. The molecule has 2 atom stereocenters. The minimum Gasteiger partial charge on any atom is -0.378 e. The molecule has 94 valence electrons. The molecule has 0 bridgehead atoms. The summed E-state index contributed by atoms with van der Waals surface area (Å²) in [6.07, 6.45) is 1.74. The fraction of sp³-hybridized carbons (Fsp3) is 0.909. The van der Waals surface area contributed by atoms with Gasteiger partial charge in [-0.2, -0.15) is 0 Å². The molecule has 5 heteroatoms. The third kappa shape index (κ3) is 4.22. The third-order valence-corrected chi connectivity index (χ3v) is 4.76. The number of ether oxygens (including phenoxy) is 1. The molecule has 0 saturated carbocycles. The van der Waals surface area contributed by atoms with E-state index in [4.69, 9.17) is 4.74 Å². The molecule has 4 nitrogen and oxygen atoms in total. The van der Waals surface area contributed by atoms with Crippen molar-refractivity contribution in [2.24, 2.45) is 5.92 Å². The maximum atomic E-state index is 11.7. The summed E-state index contributed by atoms with van der Waals surface area (Å²) in [6.45, 7) is 4.08. The van der Waals surface area contributed by atoms with Crippen LogP contribution < -0.4 is 0 Å². The van der Waals surface area contributed by atoms with Crippen LogP contribution in [-0.4, -0.2) is 38.4 Å². The minimum absolute atomic E-state index is 0.0145. The lowest BCUT2D eigenvalue weighted by molar-refractivity contribution is -0.122. The second-order valence-electron chi connectivity index (χ2n) is 4.38. The zero-order chi connectivity index (χ0) is 12.2. The Morgan fingerprint density at radius 2 is 2.12 bits per heavy atom. The van der Waals surface area contributed by atoms with Gasteiger partial charge in [0.05, 0.1) is 18.5 Å². The van der Waals surface area contributed by atoms with E-state index < -0.39 is 9.84 Å². The molecule has 1 fully saturated rings. The van der Waals surface area contributed by atoms with Crippen molar-refractivity contribution in [2.75, 3.05) is 18.1 Å². The van der Waals surface area contributed by atoms with Crippen LogP contribution in [-0.2, 0) is 19.4 Å². The highest BCUT2D eigenvalue weighted by molar-refractivity contribution is 7.91. The number of carbonyl (C=O) groups is 1. The van der Waals surface area contributed by atoms with Crippen molar-refractivity contribution in [3.63, 3.8) is 0 Å². The number of ketones is 1. The largest absolute Gasteiger partial charge is 0.378 e. The molecule has 2 unspecified atom stereocenters. The van der Waals surface area contributed by atoms with Gasteiger partial charge in [0, 0.05) is 18.1 Å². The van der Waals surface area contributed by atoms with Gasteiger partial charge in [0.2, 0.25) is 0 Å². The van der Waals surface area contributed by atoms with E-state index >= 15 is 0 Å². The molecule has 0 aromatic heterocycles. The SMILES string of the molecule is CCS(=O)(=O)CCCC(=O)C1COC(C)C1. The van der Waals surface area contributed by atoms with E-state index in [2.05, 4.69) is 0 Å². The Hall–Kier alpha value is -0.420. The molecule has 1 aliphatic heterocycles. The molecule has 1 heterocycles. The van der Waals surface area contributed by atoms with Crippen molar-refractivity contribution < 1.29 is 17.9 Å². The number of rotatable bonds is 6. The normalized spacial score (nSPS) is 25.9. The van der Waals surface area contributed by atoms with Crippen LogP contribution in [0.4, 0.5) is 0 Å². The molecule has 0 aromatic carbocycles. The zero-order valence-corrected chi connectivity index (χ0v) is 10.8. The van der Waals surface area contributed by atoms with E-state index in [0.717, 1.165) is 6.42 Å². The molecular formula is C11H20O4S. The topological polar surface area (TPSA) is 60.4 Å². The quantitative estimate of drug-likeness (QED) is 0.708. The molecule has 0 aliphatic carbocycles. The number of sulfone groups is 1. The first-order chi connectivity index (χ1) is 7.44. The Balaban J connectivity index is 2.26. The van der Waals surface area contributed by atoms with E-state index in [1.165, 1.54) is 0 Å². The lowest BCUT2D eigenvalue weighted by Gasteiger charge is -2.06. The summed E-state index contributed by atoms with van der Waals surface area (Å²) in [6, 6.07) is 0. The van der Waals surface area contributed by atoms with Gasteiger partial charge in [0.15, 0.2) is 0 Å². The lowest BCUT2D eigenvalue weighted by Crippen LogP contribution is -2.16. The molecule has 0 aromatic rings. The van der Waals surface area contributed by atoms with Gasteiger partial charge >= 0.3 is 0 Å². The number of carbonyl (C=O) groups excluding carboxylic acids is 1. The highest BCUT2D eigenvalue weighted by Gasteiger charge is 2.27. The first-order valence-electron chi connectivity index (χ1n) is 5.79. The summed E-state index contributed by atoms with van der Waals surface area (Å²) in [5.41, 5.74) is 0. The standard InChI is InChI=1S/C11H20O4S/c1-3-16(13,14)6-4-5-11(12)10-7-9(2)15-8-10/h9-10H,3-8H2,1-2H3. The van der Waals surface area contributed by atoms with Crippen LogP contribution in [0.5, 0.6) is 0 Å². The van der Waals surface area contributed by atoms with E-state index in [-0.39, 0.29) is 29.3 Å². The average molecular weight is 248 g/mol. The smallest absolute Gasteiger partial charge is 0.150 e. The molecule has 16 heavy (non-hydrogen) atoms. The van der Waals surface area contributed by atoms with E-state index in [9.17, 15) is 13.2 Å². The van der Waals surface area contributed by atoms with Gasteiger partial charge in [-0.25, -0.2) is 8.42 Å². The Morgan fingerprint density at radius 1 is 1.44 bits per heavy atom. The number of hydrogen-bond acceptors (Lipinski definition) is 4. The summed E-state index contributed by atoms with van der Waals surface area (Å²) in [4.78, 5) is 11.7. The first-order valence-corrected chi connectivity index (χ1v) is 7.61. The second kappa shape index (κ2) is 5.77. The van der Waals surface area contributed by atoms with E-state index in [1.54, 1.807) is 6.92 Å². The Kier molecular flexibility index (Phi) is 4.92. The van der Waals surface area contributed by atoms with Gasteiger partial charge in [0.25, 0.3) is 0 Å². The predicted molar refractivity (Wildman–Crippen MR) is 62.1 cm³/mol. The maximum absolute atomic E-state index is 11.7. The van der Waals surface area contributed by atoms with Gasteiger partial charge in [0.1, 0.15) is 15.6 Å². The summed E-state index contributed by atoms with van der Waals surface area (Å²) in [5, 5.41) is 0. The highest BCUT2D eigenvalue weighted by atomic mass is 32.2. The number of hydrogen-bond donors (Lipinski definition) is 0. The lowest BCUT2D eigenvalue weighted by atomic mass is 9.98. The van der Waals surface area contributed by atoms with Gasteiger partial charge in [-0.05, 0) is 19.8 Å². The van der Waals surface area contributed by atoms with Crippen molar-refractivity contribution >= 4 is 15.6 Å². The molecule has 0 amide bonds. The summed E-state index contributed by atoms with van der Waals surface area (Å²) in [7, 11) is -2.93. The highest BCUT2D eigenvalue weighted by Crippen LogP contribution is 2.21. The van der Waals surface area contributed by atoms with Crippen molar-refractivity contribution in [1.82, 2.24) is 0 Å². The van der Waals surface area contributed by atoms with E-state index in [0.29, 0.717) is 19.4 Å². The van der Waals surface area contributed by atoms with Gasteiger partial charge in [-0.1, -0.05) is 6.92 Å². The molecule has 0 N–H and O–H groups in total. The van der Waals surface area contributed by atoms with E-state index in [1.807, 2.05) is 6.92 Å². The Morgan fingerprint density at radius 3 is 2.62 bits per heavy atom. The Labute approximate surface area is 97.3 Å². The predicted octanol–water partition coefficient (Wildman–Crippen LogP) is 1.20. The molecule has 0 spiro atoms. The fourth-order valence-electron chi connectivity index (χ4n) is 1.86. The monoisotopic (exact) mass is 248 g/mol. The number of Topliss-reactive ketones (excluding diaryl/α,β-unsaturated/α-hetero) is 1. The van der Waals surface area contributed by atoms with Crippen LogP contribution in [0.1, 0.15) is 33.1 Å². The second-order valence-corrected chi connectivity index (χ2v) is 6.86. The molecule has 1 rings (SSSR count). The zero-order valence-electron chi connectivity index (χ0n) is 9.94. The van der Waals surface area contributed by atoms with Crippen LogP contribution in [0.15, 0.2) is 0 Å². The summed E-state index contributed by atoms with van der Waals surface area (Å²) in [5.74, 6) is 0.415. The summed E-state index contributed by atoms with van der Waals surface area (Å²) < 4.78 is 27.8.